The number of carbonyl (C=O) groups excluding carboxylic acids is 2. The van der Waals surface area contributed by atoms with Crippen molar-refractivity contribution in [2.24, 2.45) is 0 Å². The van der Waals surface area contributed by atoms with Crippen LogP contribution in [0.3, 0.4) is 0 Å². The molecule has 0 aliphatic heterocycles. The number of nitro groups is 1. The molecule has 1 amide bonds. The quantitative estimate of drug-likeness (QED) is 0.405. The van der Waals surface area contributed by atoms with Crippen molar-refractivity contribution in [2.45, 2.75) is 32.3 Å². The summed E-state index contributed by atoms with van der Waals surface area (Å²) in [6, 6.07) is 13.2. The van der Waals surface area contributed by atoms with Crippen LogP contribution >= 0.6 is 11.6 Å². The van der Waals surface area contributed by atoms with Gasteiger partial charge in [0.25, 0.3) is 11.6 Å². The Morgan fingerprint density at radius 3 is 2.46 bits per heavy atom. The highest BCUT2D eigenvalue weighted by atomic mass is 35.5. The van der Waals surface area contributed by atoms with E-state index < -0.39 is 22.9 Å². The van der Waals surface area contributed by atoms with Crippen LogP contribution in [-0.4, -0.2) is 29.4 Å². The van der Waals surface area contributed by atoms with E-state index in [0.717, 1.165) is 24.1 Å². The van der Waals surface area contributed by atoms with Crippen LogP contribution in [0.4, 0.5) is 5.69 Å². The molecular formula is C20H21ClN2O5. The molecule has 28 heavy (non-hydrogen) atoms. The van der Waals surface area contributed by atoms with Gasteiger partial charge in [0.15, 0.2) is 6.10 Å². The van der Waals surface area contributed by atoms with Gasteiger partial charge >= 0.3 is 5.97 Å². The zero-order chi connectivity index (χ0) is 20.7. The van der Waals surface area contributed by atoms with Crippen LogP contribution in [-0.2, 0) is 9.53 Å². The van der Waals surface area contributed by atoms with Gasteiger partial charge in [-0.15, -0.1) is 0 Å². The van der Waals surface area contributed by atoms with E-state index >= 15 is 0 Å². The summed E-state index contributed by atoms with van der Waals surface area (Å²) in [5.74, 6) is -1.10. The number of esters is 1. The van der Waals surface area contributed by atoms with Crippen LogP contribution in [0.15, 0.2) is 48.5 Å². The number of nitro benzene ring substituents is 1. The molecule has 0 unspecified atom stereocenters. The molecule has 0 saturated carbocycles. The van der Waals surface area contributed by atoms with Crippen molar-refractivity contribution in [2.75, 3.05) is 6.54 Å². The number of ether oxygens (including phenoxy) is 1. The van der Waals surface area contributed by atoms with Gasteiger partial charge in [0.1, 0.15) is 0 Å². The van der Waals surface area contributed by atoms with Crippen molar-refractivity contribution >= 4 is 29.2 Å². The first-order valence-corrected chi connectivity index (χ1v) is 9.18. The molecule has 0 saturated heterocycles. The third-order valence-electron chi connectivity index (χ3n) is 4.32. The monoisotopic (exact) mass is 404 g/mol. The number of halogens is 1. The van der Waals surface area contributed by atoms with E-state index in [2.05, 4.69) is 5.32 Å². The first-order valence-electron chi connectivity index (χ1n) is 8.81. The van der Waals surface area contributed by atoms with Crippen molar-refractivity contribution in [3.05, 3.63) is 74.8 Å². The van der Waals surface area contributed by atoms with Crippen molar-refractivity contribution in [3.8, 4) is 0 Å². The number of non-ortho nitro benzene ring substituents is 1. The summed E-state index contributed by atoms with van der Waals surface area (Å²) in [6.45, 7) is 3.90. The summed E-state index contributed by atoms with van der Waals surface area (Å²) in [5.41, 5.74) is 0.842. The maximum atomic E-state index is 12.3. The molecule has 2 atom stereocenters. The SMILES string of the molecule is CC[C@H](CNC(=O)[C@@H](C)OC(=O)c1ccc([N+](=O)[O-])cc1Cl)c1ccccc1. The first kappa shape index (κ1) is 21.4. The maximum Gasteiger partial charge on any atom is 0.340 e. The number of rotatable bonds is 8. The lowest BCUT2D eigenvalue weighted by atomic mass is 9.96. The Bertz CT molecular complexity index is 857. The van der Waals surface area contributed by atoms with E-state index in [0.29, 0.717) is 6.54 Å². The number of nitrogens with zero attached hydrogens (tertiary/aromatic N) is 1. The summed E-state index contributed by atoms with van der Waals surface area (Å²) in [6.07, 6.45) is -0.191. The van der Waals surface area contributed by atoms with Crippen LogP contribution in [0.2, 0.25) is 5.02 Å². The summed E-state index contributed by atoms with van der Waals surface area (Å²) in [5, 5.41) is 13.4. The minimum atomic E-state index is -1.04. The highest BCUT2D eigenvalue weighted by Gasteiger charge is 2.22. The van der Waals surface area contributed by atoms with Crippen LogP contribution < -0.4 is 5.32 Å². The Hall–Kier alpha value is -2.93. The highest BCUT2D eigenvalue weighted by Crippen LogP contribution is 2.23. The fraction of sp³-hybridized carbons (Fsp3) is 0.300. The number of benzene rings is 2. The van der Waals surface area contributed by atoms with E-state index in [1.807, 2.05) is 37.3 Å². The smallest absolute Gasteiger partial charge is 0.340 e. The molecular weight excluding hydrogens is 384 g/mol. The predicted molar refractivity (Wildman–Crippen MR) is 105 cm³/mol. The van der Waals surface area contributed by atoms with E-state index in [9.17, 15) is 19.7 Å². The zero-order valence-electron chi connectivity index (χ0n) is 15.6. The normalized spacial score (nSPS) is 12.7. The minimum Gasteiger partial charge on any atom is -0.449 e. The van der Waals surface area contributed by atoms with Crippen LogP contribution in [0.1, 0.15) is 42.1 Å². The zero-order valence-corrected chi connectivity index (χ0v) is 16.3. The van der Waals surface area contributed by atoms with Gasteiger partial charge in [-0.1, -0.05) is 48.9 Å². The van der Waals surface area contributed by atoms with Crippen molar-refractivity contribution < 1.29 is 19.2 Å². The van der Waals surface area contributed by atoms with Crippen LogP contribution in [0, 0.1) is 10.1 Å². The molecule has 7 nitrogen and oxygen atoms in total. The van der Waals surface area contributed by atoms with Gasteiger partial charge in [-0.3, -0.25) is 14.9 Å². The van der Waals surface area contributed by atoms with Crippen LogP contribution in [0.25, 0.3) is 0 Å². The van der Waals surface area contributed by atoms with E-state index in [1.54, 1.807) is 0 Å². The average Bonchev–Trinajstić information content (AvgIpc) is 2.68. The molecule has 0 heterocycles. The average molecular weight is 405 g/mol. The maximum absolute atomic E-state index is 12.3. The van der Waals surface area contributed by atoms with Gasteiger partial charge in [0, 0.05) is 24.6 Å². The summed E-state index contributed by atoms with van der Waals surface area (Å²) < 4.78 is 5.15. The lowest BCUT2D eigenvalue weighted by Gasteiger charge is -2.18. The number of hydrogen-bond donors (Lipinski definition) is 1. The molecule has 0 radical (unpaired) electrons. The van der Waals surface area contributed by atoms with E-state index in [1.165, 1.54) is 13.0 Å². The molecule has 0 aliphatic rings. The number of amides is 1. The fourth-order valence-electron chi connectivity index (χ4n) is 2.65. The Morgan fingerprint density at radius 1 is 1.21 bits per heavy atom. The number of carbonyl (C=O) groups is 2. The second-order valence-corrected chi connectivity index (χ2v) is 6.64. The highest BCUT2D eigenvalue weighted by molar-refractivity contribution is 6.33. The van der Waals surface area contributed by atoms with E-state index in [4.69, 9.17) is 16.3 Å². The molecule has 2 aromatic rings. The third-order valence-corrected chi connectivity index (χ3v) is 4.64. The lowest BCUT2D eigenvalue weighted by molar-refractivity contribution is -0.384. The molecule has 1 N–H and O–H groups in total. The van der Waals surface area contributed by atoms with E-state index in [-0.39, 0.29) is 22.2 Å². The van der Waals surface area contributed by atoms with Gasteiger partial charge < -0.3 is 10.1 Å². The molecule has 0 spiro atoms. The predicted octanol–water partition coefficient (Wildman–Crippen LogP) is 4.10. The largest absolute Gasteiger partial charge is 0.449 e. The van der Waals surface area contributed by atoms with Gasteiger partial charge in [-0.05, 0) is 25.0 Å². The molecule has 0 aliphatic carbocycles. The number of nitrogens with one attached hydrogen (secondary N) is 1. The third kappa shape index (κ3) is 5.53. The van der Waals surface area contributed by atoms with Crippen molar-refractivity contribution in [1.82, 2.24) is 5.32 Å². The molecule has 8 heteroatoms. The molecule has 0 aromatic heterocycles. The Labute approximate surface area is 167 Å². The summed E-state index contributed by atoms with van der Waals surface area (Å²) in [4.78, 5) is 34.6. The van der Waals surface area contributed by atoms with Crippen molar-refractivity contribution in [3.63, 3.8) is 0 Å². The molecule has 148 valence electrons. The van der Waals surface area contributed by atoms with Gasteiger partial charge in [0.05, 0.1) is 15.5 Å². The molecule has 0 bridgehead atoms. The van der Waals surface area contributed by atoms with Crippen LogP contribution in [0.5, 0.6) is 0 Å². The fourth-order valence-corrected chi connectivity index (χ4v) is 2.90. The van der Waals surface area contributed by atoms with Gasteiger partial charge in [0.2, 0.25) is 0 Å². The molecule has 2 aromatic carbocycles. The Balaban J connectivity index is 1.94. The number of hydrogen-bond acceptors (Lipinski definition) is 5. The second-order valence-electron chi connectivity index (χ2n) is 6.23. The molecule has 0 fully saturated rings. The summed E-state index contributed by atoms with van der Waals surface area (Å²) in [7, 11) is 0. The molecule has 2 rings (SSSR count). The van der Waals surface area contributed by atoms with Gasteiger partial charge in [-0.25, -0.2) is 4.79 Å². The summed E-state index contributed by atoms with van der Waals surface area (Å²) >= 11 is 5.91. The second kappa shape index (κ2) is 9.85. The van der Waals surface area contributed by atoms with Crippen molar-refractivity contribution in [1.29, 1.82) is 0 Å². The Morgan fingerprint density at radius 2 is 1.89 bits per heavy atom. The van der Waals surface area contributed by atoms with Gasteiger partial charge in [-0.2, -0.15) is 0 Å². The minimum absolute atomic E-state index is 0.0392. The first-order chi connectivity index (χ1) is 13.3. The lowest BCUT2D eigenvalue weighted by Crippen LogP contribution is -2.38. The topological polar surface area (TPSA) is 98.5 Å². The standard InChI is InChI=1S/C20H21ClN2O5/c1-3-14(15-7-5-4-6-8-15)12-22-19(24)13(2)28-20(25)17-10-9-16(23(26)27)11-18(17)21/h4-11,13-14H,3,12H2,1-2H3,(H,22,24)/t13-,14-/m1/s1. The Kier molecular flexibility index (Phi) is 7.52.